The van der Waals surface area contributed by atoms with E-state index in [0.29, 0.717) is 6.54 Å². The van der Waals surface area contributed by atoms with Gasteiger partial charge >= 0.3 is 0 Å². The van der Waals surface area contributed by atoms with E-state index in [-0.39, 0.29) is 30.0 Å². The van der Waals surface area contributed by atoms with E-state index in [2.05, 4.69) is 16.2 Å². The molecule has 2 atom stereocenters. The smallest absolute Gasteiger partial charge is 0.226 e. The lowest BCUT2D eigenvalue weighted by Crippen LogP contribution is -2.34. The topological polar surface area (TPSA) is 53.2 Å². The molecule has 0 aliphatic carbocycles. The fourth-order valence-corrected chi connectivity index (χ4v) is 2.90. The van der Waals surface area contributed by atoms with Gasteiger partial charge in [0, 0.05) is 24.7 Å². The van der Waals surface area contributed by atoms with Crippen LogP contribution in [0, 0.1) is 24.5 Å². The van der Waals surface area contributed by atoms with E-state index >= 15 is 0 Å². The van der Waals surface area contributed by atoms with Crippen molar-refractivity contribution in [3.63, 3.8) is 0 Å². The molecule has 3 rings (SSSR count). The highest BCUT2D eigenvalue weighted by Gasteiger charge is 2.33. The van der Waals surface area contributed by atoms with Crippen LogP contribution in [0.15, 0.2) is 42.5 Å². The van der Waals surface area contributed by atoms with Crippen LogP contribution in [0.3, 0.4) is 0 Å². The van der Waals surface area contributed by atoms with Crippen LogP contribution in [0.5, 0.6) is 0 Å². The number of aryl methyl sites for hydroxylation is 1. The highest BCUT2D eigenvalue weighted by Crippen LogP contribution is 2.25. The Hall–Kier alpha value is -2.31. The van der Waals surface area contributed by atoms with Gasteiger partial charge in [0.15, 0.2) is 0 Å². The van der Waals surface area contributed by atoms with Gasteiger partial charge in [-0.15, -0.1) is 0 Å². The summed E-state index contributed by atoms with van der Waals surface area (Å²) < 4.78 is 26.6. The third kappa shape index (κ3) is 3.60. The lowest BCUT2D eigenvalue weighted by atomic mass is 9.93. The molecular formula is C18H19F2N3O. The third-order valence-electron chi connectivity index (χ3n) is 4.19. The van der Waals surface area contributed by atoms with E-state index in [1.807, 2.05) is 31.2 Å². The molecule has 1 aliphatic heterocycles. The van der Waals surface area contributed by atoms with Crippen molar-refractivity contribution >= 4 is 5.91 Å². The maximum Gasteiger partial charge on any atom is 0.226 e. The Balaban J connectivity index is 1.67. The minimum absolute atomic E-state index is 0.0297. The molecule has 0 radical (unpaired) electrons. The molecule has 0 bridgehead atoms. The molecule has 1 heterocycles. The summed E-state index contributed by atoms with van der Waals surface area (Å²) in [4.78, 5) is 12.5. The van der Waals surface area contributed by atoms with E-state index in [9.17, 15) is 13.6 Å². The van der Waals surface area contributed by atoms with Crippen LogP contribution in [0.2, 0.25) is 0 Å². The molecule has 1 fully saturated rings. The molecule has 4 nitrogen and oxygen atoms in total. The molecule has 2 aromatic rings. The van der Waals surface area contributed by atoms with Gasteiger partial charge in [-0.1, -0.05) is 35.9 Å². The van der Waals surface area contributed by atoms with Gasteiger partial charge in [-0.05, 0) is 18.6 Å². The van der Waals surface area contributed by atoms with Gasteiger partial charge in [0.2, 0.25) is 5.91 Å². The van der Waals surface area contributed by atoms with E-state index in [1.54, 1.807) is 0 Å². The second kappa shape index (κ2) is 7.07. The highest BCUT2D eigenvalue weighted by atomic mass is 19.1. The number of hydrogen-bond donors (Lipinski definition) is 3. The first-order valence-corrected chi connectivity index (χ1v) is 7.81. The van der Waals surface area contributed by atoms with Crippen molar-refractivity contribution in [2.75, 3.05) is 6.54 Å². The predicted octanol–water partition coefficient (Wildman–Crippen LogP) is 2.35. The molecule has 126 valence electrons. The van der Waals surface area contributed by atoms with Crippen molar-refractivity contribution in [3.8, 4) is 0 Å². The Labute approximate surface area is 139 Å². The van der Waals surface area contributed by atoms with Gasteiger partial charge in [0.05, 0.1) is 12.0 Å². The van der Waals surface area contributed by atoms with Crippen molar-refractivity contribution in [2.45, 2.75) is 19.5 Å². The quantitative estimate of drug-likeness (QED) is 0.806. The zero-order chi connectivity index (χ0) is 17.1. The van der Waals surface area contributed by atoms with Crippen molar-refractivity contribution in [2.24, 2.45) is 5.92 Å². The van der Waals surface area contributed by atoms with Crippen molar-refractivity contribution < 1.29 is 13.6 Å². The minimum Gasteiger partial charge on any atom is -0.352 e. The van der Waals surface area contributed by atoms with Gasteiger partial charge in [-0.3, -0.25) is 10.2 Å². The second-order valence-electron chi connectivity index (χ2n) is 5.98. The van der Waals surface area contributed by atoms with Crippen molar-refractivity contribution in [1.29, 1.82) is 0 Å². The Morgan fingerprint density at radius 3 is 2.83 bits per heavy atom. The van der Waals surface area contributed by atoms with Crippen LogP contribution < -0.4 is 16.2 Å². The third-order valence-corrected chi connectivity index (χ3v) is 4.19. The van der Waals surface area contributed by atoms with Crippen molar-refractivity contribution in [3.05, 3.63) is 70.8 Å². The zero-order valence-corrected chi connectivity index (χ0v) is 13.3. The van der Waals surface area contributed by atoms with Gasteiger partial charge in [0.25, 0.3) is 0 Å². The summed E-state index contributed by atoms with van der Waals surface area (Å²) in [5.41, 5.74) is 8.52. The number of carbonyl (C=O) groups is 1. The summed E-state index contributed by atoms with van der Waals surface area (Å²) in [6.45, 7) is 2.51. The molecule has 1 amide bonds. The van der Waals surface area contributed by atoms with Crippen LogP contribution in [-0.2, 0) is 11.3 Å². The first-order valence-electron chi connectivity index (χ1n) is 7.81. The maximum absolute atomic E-state index is 13.6. The molecule has 1 aliphatic rings. The summed E-state index contributed by atoms with van der Waals surface area (Å²) in [5.74, 6) is -1.78. The molecule has 2 unspecified atom stereocenters. The molecule has 1 saturated heterocycles. The Kier molecular flexibility index (Phi) is 4.87. The average molecular weight is 331 g/mol. The number of amides is 1. The highest BCUT2D eigenvalue weighted by molar-refractivity contribution is 5.80. The van der Waals surface area contributed by atoms with Crippen molar-refractivity contribution in [1.82, 2.24) is 16.2 Å². The van der Waals surface area contributed by atoms with Crippen LogP contribution in [0.1, 0.15) is 22.7 Å². The summed E-state index contributed by atoms with van der Waals surface area (Å²) in [6.07, 6.45) is 0. The van der Waals surface area contributed by atoms with Crippen LogP contribution in [0.4, 0.5) is 8.78 Å². The van der Waals surface area contributed by atoms with Gasteiger partial charge < -0.3 is 5.32 Å². The molecule has 2 aromatic carbocycles. The molecule has 0 saturated carbocycles. The standard InChI is InChI=1S/C18H19F2N3O/c1-11-3-2-4-12(7-11)17-15(10-22-23-17)18(24)21-9-13-5-6-14(19)8-16(13)20/h2-8,15,17,22-23H,9-10H2,1H3,(H,21,24). The Morgan fingerprint density at radius 1 is 1.25 bits per heavy atom. The Bertz CT molecular complexity index is 751. The van der Waals surface area contributed by atoms with Crippen LogP contribution in [-0.4, -0.2) is 12.5 Å². The minimum atomic E-state index is -0.659. The van der Waals surface area contributed by atoms with E-state index in [1.165, 1.54) is 12.1 Å². The number of carbonyl (C=O) groups excluding carboxylic acids is 1. The fourth-order valence-electron chi connectivity index (χ4n) is 2.90. The summed E-state index contributed by atoms with van der Waals surface area (Å²) in [5, 5.41) is 2.73. The van der Waals surface area contributed by atoms with Crippen LogP contribution in [0.25, 0.3) is 0 Å². The van der Waals surface area contributed by atoms with Crippen LogP contribution >= 0.6 is 0 Å². The SMILES string of the molecule is Cc1cccc(C2NNCC2C(=O)NCc2ccc(F)cc2F)c1. The molecule has 24 heavy (non-hydrogen) atoms. The molecule has 0 spiro atoms. The van der Waals surface area contributed by atoms with Gasteiger partial charge in [0.1, 0.15) is 11.6 Å². The monoisotopic (exact) mass is 331 g/mol. The average Bonchev–Trinajstić information content (AvgIpc) is 3.03. The lowest BCUT2D eigenvalue weighted by molar-refractivity contribution is -0.125. The fraction of sp³-hybridized carbons (Fsp3) is 0.278. The predicted molar refractivity (Wildman–Crippen MR) is 86.8 cm³/mol. The van der Waals surface area contributed by atoms with Gasteiger partial charge in [-0.2, -0.15) is 0 Å². The summed E-state index contributed by atoms with van der Waals surface area (Å²) in [6, 6.07) is 11.1. The second-order valence-corrected chi connectivity index (χ2v) is 5.98. The molecule has 0 aromatic heterocycles. The van der Waals surface area contributed by atoms with E-state index in [4.69, 9.17) is 0 Å². The number of benzene rings is 2. The number of rotatable bonds is 4. The summed E-state index contributed by atoms with van der Waals surface area (Å²) in [7, 11) is 0. The summed E-state index contributed by atoms with van der Waals surface area (Å²) >= 11 is 0. The Morgan fingerprint density at radius 2 is 2.08 bits per heavy atom. The largest absolute Gasteiger partial charge is 0.352 e. The molecule has 6 heteroatoms. The van der Waals surface area contributed by atoms with E-state index in [0.717, 1.165) is 17.2 Å². The molecule has 3 N–H and O–H groups in total. The first kappa shape index (κ1) is 16.5. The normalized spacial score (nSPS) is 20.1. The van der Waals surface area contributed by atoms with Gasteiger partial charge in [-0.25, -0.2) is 14.2 Å². The van der Waals surface area contributed by atoms with E-state index < -0.39 is 11.6 Å². The molecular weight excluding hydrogens is 312 g/mol. The first-order chi connectivity index (χ1) is 11.5. The zero-order valence-electron chi connectivity index (χ0n) is 13.3. The number of nitrogens with one attached hydrogen (secondary N) is 3. The number of hydrazine groups is 1. The number of halogens is 2. The number of hydrogen-bond acceptors (Lipinski definition) is 3. The lowest BCUT2D eigenvalue weighted by Gasteiger charge is -2.19. The maximum atomic E-state index is 13.6.